The molecule has 6 rings (SSSR count). The van der Waals surface area contributed by atoms with Crippen LogP contribution < -0.4 is 0 Å². The first-order valence-corrected chi connectivity index (χ1v) is 16.0. The average Bonchev–Trinajstić information content (AvgIpc) is 3.60. The van der Waals surface area contributed by atoms with Crippen LogP contribution in [0.15, 0.2) is 65.0 Å². The van der Waals surface area contributed by atoms with E-state index < -0.39 is 12.6 Å². The van der Waals surface area contributed by atoms with E-state index in [0.29, 0.717) is 35.2 Å². The maximum Gasteiger partial charge on any atom is 0.345 e. The van der Waals surface area contributed by atoms with Crippen LogP contribution in [0.4, 0.5) is 0 Å². The molecule has 4 heterocycles. The molecule has 8 atom stereocenters. The van der Waals surface area contributed by atoms with Crippen LogP contribution >= 0.6 is 0 Å². The molecular weight excluding hydrogens is 530 g/mol. The Balaban J connectivity index is 1.36. The van der Waals surface area contributed by atoms with Gasteiger partial charge in [-0.1, -0.05) is 63.9 Å². The molecule has 3 fully saturated rings. The number of rotatable bonds is 8. The summed E-state index contributed by atoms with van der Waals surface area (Å²) < 4.78 is 17.7. The van der Waals surface area contributed by atoms with Gasteiger partial charge in [0.1, 0.15) is 11.3 Å². The molecule has 0 unspecified atom stereocenters. The van der Waals surface area contributed by atoms with E-state index in [1.165, 1.54) is 12.7 Å². The minimum Gasteiger partial charge on any atom is -0.492 e. The van der Waals surface area contributed by atoms with E-state index in [2.05, 4.69) is 62.1 Å². The summed E-state index contributed by atoms with van der Waals surface area (Å²) >= 11 is 0. The van der Waals surface area contributed by atoms with Crippen molar-refractivity contribution in [3.8, 4) is 0 Å². The molecule has 5 aliphatic rings. The van der Waals surface area contributed by atoms with Gasteiger partial charge < -0.3 is 24.4 Å². The van der Waals surface area contributed by atoms with Gasteiger partial charge >= 0.3 is 5.97 Å². The molecule has 7 nitrogen and oxygen atoms in total. The molecule has 0 aromatic heterocycles. The number of piperidine rings is 1. The molecule has 4 aliphatic heterocycles. The van der Waals surface area contributed by atoms with Crippen LogP contribution in [-0.4, -0.2) is 59.5 Å². The number of ether oxygens (including phenoxy) is 3. The van der Waals surface area contributed by atoms with Crippen molar-refractivity contribution in [3.63, 3.8) is 0 Å². The molecule has 7 heteroatoms. The molecule has 2 N–H and O–H groups in total. The van der Waals surface area contributed by atoms with Crippen molar-refractivity contribution in [2.45, 2.75) is 89.8 Å². The minimum absolute atomic E-state index is 0.0558. The fraction of sp³-hybridized carbons (Fsp3) is 0.629. The average molecular weight is 578 g/mol. The summed E-state index contributed by atoms with van der Waals surface area (Å²) in [5, 5.41) is 21.7. The molecule has 1 aromatic rings. The highest BCUT2D eigenvalue weighted by atomic mass is 16.6. The molecule has 42 heavy (non-hydrogen) atoms. The lowest BCUT2D eigenvalue weighted by molar-refractivity contribution is -0.133. The number of methoxy groups -OCH3 is 1. The predicted octanol–water partition coefficient (Wildman–Crippen LogP) is 5.66. The summed E-state index contributed by atoms with van der Waals surface area (Å²) in [5.74, 6) is 3.59. The lowest BCUT2D eigenvalue weighted by Gasteiger charge is -2.52. The Bertz CT molecular complexity index is 1250. The van der Waals surface area contributed by atoms with E-state index in [1.807, 2.05) is 0 Å². The van der Waals surface area contributed by atoms with Gasteiger partial charge in [-0.2, -0.15) is 0 Å². The molecule has 0 radical (unpaired) electrons. The number of fused-ring (bicyclic) bond motifs is 4. The summed E-state index contributed by atoms with van der Waals surface area (Å²) in [6, 6.07) is 11.3. The molecule has 1 saturated carbocycles. The van der Waals surface area contributed by atoms with E-state index in [0.717, 1.165) is 57.2 Å². The third-order valence-electron chi connectivity index (χ3n) is 10.7. The molecule has 228 valence electrons. The quantitative estimate of drug-likeness (QED) is 0.386. The zero-order valence-corrected chi connectivity index (χ0v) is 25.5. The Labute approximate surface area is 250 Å². The number of esters is 1. The second-order valence-corrected chi connectivity index (χ2v) is 13.4. The van der Waals surface area contributed by atoms with E-state index >= 15 is 0 Å². The molecule has 0 spiro atoms. The van der Waals surface area contributed by atoms with Crippen LogP contribution in [0.25, 0.3) is 0 Å². The second kappa shape index (κ2) is 12.2. The maximum atomic E-state index is 12.5. The van der Waals surface area contributed by atoms with Gasteiger partial charge in [0, 0.05) is 30.5 Å². The third kappa shape index (κ3) is 5.11. The number of benzene rings is 1. The number of hydrogen-bond acceptors (Lipinski definition) is 7. The van der Waals surface area contributed by atoms with Crippen LogP contribution in [0.5, 0.6) is 0 Å². The van der Waals surface area contributed by atoms with Gasteiger partial charge in [-0.25, -0.2) is 4.79 Å². The minimum atomic E-state index is -0.586. The Morgan fingerprint density at radius 2 is 1.88 bits per heavy atom. The summed E-state index contributed by atoms with van der Waals surface area (Å²) in [6.45, 7) is 7.12. The number of cyclic esters (lactones) is 1. The van der Waals surface area contributed by atoms with E-state index in [4.69, 9.17) is 14.2 Å². The zero-order valence-electron chi connectivity index (χ0n) is 25.5. The van der Waals surface area contributed by atoms with Gasteiger partial charge in [0.2, 0.25) is 5.76 Å². The van der Waals surface area contributed by atoms with Crippen molar-refractivity contribution in [1.29, 1.82) is 0 Å². The monoisotopic (exact) mass is 577 g/mol. The Kier molecular flexibility index (Phi) is 8.54. The van der Waals surface area contributed by atoms with Crippen LogP contribution in [0.2, 0.25) is 0 Å². The highest BCUT2D eigenvalue weighted by Gasteiger charge is 2.56. The number of allylic oxidation sites excluding steroid dienone is 1. The number of aliphatic hydroxyl groups excluding tert-OH is 2. The largest absolute Gasteiger partial charge is 0.492 e. The normalized spacial score (nSPS) is 35.3. The van der Waals surface area contributed by atoms with Gasteiger partial charge in [0.15, 0.2) is 11.5 Å². The fourth-order valence-corrected chi connectivity index (χ4v) is 8.89. The first-order valence-electron chi connectivity index (χ1n) is 16.0. The predicted molar refractivity (Wildman–Crippen MR) is 160 cm³/mol. The summed E-state index contributed by atoms with van der Waals surface area (Å²) in [7, 11) is 1.49. The second-order valence-electron chi connectivity index (χ2n) is 13.4. The first kappa shape index (κ1) is 29.5. The van der Waals surface area contributed by atoms with Crippen molar-refractivity contribution >= 4 is 5.97 Å². The van der Waals surface area contributed by atoms with Crippen LogP contribution in [0.3, 0.4) is 0 Å². The van der Waals surface area contributed by atoms with Crippen molar-refractivity contribution in [1.82, 2.24) is 4.90 Å². The molecule has 1 aliphatic carbocycles. The fourth-order valence-electron chi connectivity index (χ4n) is 8.89. The Morgan fingerprint density at radius 3 is 2.60 bits per heavy atom. The van der Waals surface area contributed by atoms with E-state index in [1.54, 1.807) is 0 Å². The highest BCUT2D eigenvalue weighted by molar-refractivity contribution is 5.94. The summed E-state index contributed by atoms with van der Waals surface area (Å²) in [4.78, 5) is 15.2. The Morgan fingerprint density at radius 1 is 1.10 bits per heavy atom. The van der Waals surface area contributed by atoms with Crippen molar-refractivity contribution in [2.75, 3.05) is 20.3 Å². The molecule has 0 bridgehead atoms. The van der Waals surface area contributed by atoms with Gasteiger partial charge in [0.25, 0.3) is 0 Å². The number of nitrogens with zero attached hydrogens (tertiary/aromatic N) is 1. The van der Waals surface area contributed by atoms with Gasteiger partial charge in [-0.15, -0.1) is 0 Å². The van der Waals surface area contributed by atoms with Gasteiger partial charge in [0.05, 0.1) is 19.8 Å². The standard InChI is InChI=1S/C35H47NO6/c1-20(2)10-8-13-28(38)31-24-16-15-23(22-11-6-5-7-12-22)25(24)18-27-30-21(3)32(41-29(30)14-9-17-36(27)31)34-33(40-4)26(19-37)35(39)42-34/h5-7,11-12,14,20-21,23-25,27-28,30-31,37-38H,8-10,13,15-19H2,1-4H3/t21-,23+,24+,25+,27-,28+,30+,31+/m1/s1. The number of carbonyl (C=O) groups is 1. The van der Waals surface area contributed by atoms with E-state index in [9.17, 15) is 15.0 Å². The highest BCUT2D eigenvalue weighted by Crippen LogP contribution is 2.57. The lowest BCUT2D eigenvalue weighted by atomic mass is 9.68. The van der Waals surface area contributed by atoms with Gasteiger partial charge in [-0.05, 0) is 67.4 Å². The summed E-state index contributed by atoms with van der Waals surface area (Å²) in [6.07, 6.45) is 9.05. The van der Waals surface area contributed by atoms with Gasteiger partial charge in [-0.3, -0.25) is 4.90 Å². The zero-order chi connectivity index (χ0) is 29.5. The molecule has 1 aromatic carbocycles. The molecular formula is C35H47NO6. The number of carbonyl (C=O) groups excluding carboxylic acids is 1. The topological polar surface area (TPSA) is 88.5 Å². The lowest BCUT2D eigenvalue weighted by Crippen LogP contribution is -2.60. The number of aliphatic hydroxyl groups is 2. The summed E-state index contributed by atoms with van der Waals surface area (Å²) in [5.41, 5.74) is 1.54. The molecule has 2 saturated heterocycles. The first-order chi connectivity index (χ1) is 20.3. The van der Waals surface area contributed by atoms with Crippen LogP contribution in [0.1, 0.15) is 77.2 Å². The van der Waals surface area contributed by atoms with Crippen LogP contribution in [0, 0.1) is 29.6 Å². The third-order valence-corrected chi connectivity index (χ3v) is 10.7. The van der Waals surface area contributed by atoms with Crippen LogP contribution in [-0.2, 0) is 19.0 Å². The van der Waals surface area contributed by atoms with Crippen molar-refractivity contribution in [2.24, 2.45) is 29.6 Å². The van der Waals surface area contributed by atoms with Crippen molar-refractivity contribution in [3.05, 3.63) is 70.6 Å². The molecule has 0 amide bonds. The smallest absolute Gasteiger partial charge is 0.345 e. The van der Waals surface area contributed by atoms with Crippen molar-refractivity contribution < 1.29 is 29.2 Å². The van der Waals surface area contributed by atoms with E-state index in [-0.39, 0.29) is 41.4 Å². The number of hydrogen-bond donors (Lipinski definition) is 2. The SMILES string of the molecule is COC1=C(CO)C(=O)OC1=C1OC2=CCCN3[C@H]([C@@H](O)CCCC(C)C)[C@H]4CC[C@@H](c5ccccc5)[C@@H]4C[C@@H]3[C@@H]2[C@H]1C. The Hall–Kier alpha value is -2.61. The maximum absolute atomic E-state index is 12.5.